The third-order valence-corrected chi connectivity index (χ3v) is 2.37. The Morgan fingerprint density at radius 3 is 3.00 bits per heavy atom. The highest BCUT2D eigenvalue weighted by Gasteiger charge is 2.02. The van der Waals surface area contributed by atoms with Gasteiger partial charge in [0.2, 0.25) is 0 Å². The van der Waals surface area contributed by atoms with Gasteiger partial charge < -0.3 is 11.1 Å². The van der Waals surface area contributed by atoms with Gasteiger partial charge in [-0.2, -0.15) is 0 Å². The van der Waals surface area contributed by atoms with Crippen LogP contribution in [0.3, 0.4) is 0 Å². The molecule has 1 aromatic heterocycles. The van der Waals surface area contributed by atoms with Gasteiger partial charge in [0.15, 0.2) is 5.13 Å². The molecule has 4 heteroatoms. The van der Waals surface area contributed by atoms with Crippen LogP contribution in [0.1, 0.15) is 26.7 Å². The second-order valence-electron chi connectivity index (χ2n) is 2.90. The topological polar surface area (TPSA) is 50.9 Å². The van der Waals surface area contributed by atoms with Crippen LogP contribution in [0.15, 0.2) is 6.20 Å². The Morgan fingerprint density at radius 1 is 1.75 bits per heavy atom. The number of thiazole rings is 1. The highest BCUT2D eigenvalue weighted by molar-refractivity contribution is 7.19. The maximum atomic E-state index is 5.54. The van der Waals surface area contributed by atoms with Gasteiger partial charge in [0.25, 0.3) is 0 Å². The lowest BCUT2D eigenvalue weighted by atomic mass is 10.2. The summed E-state index contributed by atoms with van der Waals surface area (Å²) in [5.41, 5.74) is 5.54. The molecule has 68 valence electrons. The van der Waals surface area contributed by atoms with Crippen LogP contribution in [0.5, 0.6) is 0 Å². The number of hydrogen-bond donors (Lipinski definition) is 2. The third-order valence-electron chi connectivity index (χ3n) is 1.62. The zero-order chi connectivity index (χ0) is 8.97. The average Bonchev–Trinajstić information content (AvgIpc) is 2.36. The minimum atomic E-state index is 0.487. The Hall–Kier alpha value is -0.770. The molecule has 0 aliphatic heterocycles. The van der Waals surface area contributed by atoms with E-state index in [9.17, 15) is 0 Å². The van der Waals surface area contributed by atoms with Crippen molar-refractivity contribution >= 4 is 21.5 Å². The molecule has 3 nitrogen and oxygen atoms in total. The van der Waals surface area contributed by atoms with E-state index >= 15 is 0 Å². The van der Waals surface area contributed by atoms with Crippen LogP contribution in [0.25, 0.3) is 0 Å². The van der Waals surface area contributed by atoms with Crippen molar-refractivity contribution in [1.82, 2.24) is 4.98 Å². The first kappa shape index (κ1) is 9.32. The van der Waals surface area contributed by atoms with Crippen LogP contribution in [-0.4, -0.2) is 11.0 Å². The summed E-state index contributed by atoms with van der Waals surface area (Å²) in [5.74, 6) is 0. The second-order valence-corrected chi connectivity index (χ2v) is 3.96. The molecular formula is C8H15N3S. The highest BCUT2D eigenvalue weighted by atomic mass is 32.1. The molecule has 0 saturated heterocycles. The van der Waals surface area contributed by atoms with Gasteiger partial charge in [-0.1, -0.05) is 24.7 Å². The van der Waals surface area contributed by atoms with E-state index in [2.05, 4.69) is 24.1 Å². The summed E-state index contributed by atoms with van der Waals surface area (Å²) in [4.78, 5) is 4.12. The van der Waals surface area contributed by atoms with Crippen LogP contribution in [-0.2, 0) is 0 Å². The van der Waals surface area contributed by atoms with Gasteiger partial charge in [-0.15, -0.1) is 0 Å². The fourth-order valence-electron chi connectivity index (χ4n) is 1.07. The number of anilines is 2. The molecule has 0 aromatic carbocycles. The van der Waals surface area contributed by atoms with E-state index in [1.54, 1.807) is 6.20 Å². The minimum Gasteiger partial charge on any atom is -0.389 e. The van der Waals surface area contributed by atoms with Gasteiger partial charge >= 0.3 is 0 Å². The molecule has 0 radical (unpaired) electrons. The summed E-state index contributed by atoms with van der Waals surface area (Å²) >= 11 is 1.50. The summed E-state index contributed by atoms with van der Waals surface area (Å²) in [6, 6.07) is 0.487. The van der Waals surface area contributed by atoms with Gasteiger partial charge in [0, 0.05) is 6.04 Å². The minimum absolute atomic E-state index is 0.487. The number of aromatic nitrogens is 1. The first-order chi connectivity index (χ1) is 5.72. The standard InChI is InChI=1S/C8H15N3S/c1-3-4-6(2)11-8-10-5-7(9)12-8/h5-6H,3-4,9H2,1-2H3,(H,10,11). The number of nitrogens with two attached hydrogens (primary N) is 1. The van der Waals surface area contributed by atoms with Gasteiger partial charge in [-0.05, 0) is 13.3 Å². The summed E-state index contributed by atoms with van der Waals surface area (Å²) in [7, 11) is 0. The van der Waals surface area contributed by atoms with Crippen molar-refractivity contribution in [2.24, 2.45) is 0 Å². The number of nitrogens with zero attached hydrogens (tertiary/aromatic N) is 1. The number of nitrogens with one attached hydrogen (secondary N) is 1. The second kappa shape index (κ2) is 4.30. The SMILES string of the molecule is CCCC(C)Nc1ncc(N)s1. The van der Waals surface area contributed by atoms with E-state index < -0.39 is 0 Å². The molecule has 0 amide bonds. The summed E-state index contributed by atoms with van der Waals surface area (Å²) in [5, 5.41) is 4.98. The number of nitrogen functional groups attached to an aromatic ring is 1. The van der Waals surface area contributed by atoms with Crippen LogP contribution < -0.4 is 11.1 Å². The molecule has 0 spiro atoms. The van der Waals surface area contributed by atoms with E-state index in [-0.39, 0.29) is 0 Å². The molecular weight excluding hydrogens is 170 g/mol. The lowest BCUT2D eigenvalue weighted by Gasteiger charge is -2.10. The maximum Gasteiger partial charge on any atom is 0.184 e. The van der Waals surface area contributed by atoms with E-state index in [1.807, 2.05) is 0 Å². The van der Waals surface area contributed by atoms with Crippen molar-refractivity contribution in [3.05, 3.63) is 6.20 Å². The van der Waals surface area contributed by atoms with Crippen molar-refractivity contribution in [3.8, 4) is 0 Å². The molecule has 1 aromatic rings. The number of rotatable bonds is 4. The molecule has 3 N–H and O–H groups in total. The average molecular weight is 185 g/mol. The third kappa shape index (κ3) is 2.70. The first-order valence-corrected chi connectivity index (χ1v) is 5.02. The van der Waals surface area contributed by atoms with Crippen molar-refractivity contribution < 1.29 is 0 Å². The van der Waals surface area contributed by atoms with Crippen LogP contribution in [0.2, 0.25) is 0 Å². The van der Waals surface area contributed by atoms with Gasteiger partial charge in [-0.3, -0.25) is 0 Å². The van der Waals surface area contributed by atoms with E-state index in [1.165, 1.54) is 24.2 Å². The quantitative estimate of drug-likeness (QED) is 0.757. The van der Waals surface area contributed by atoms with Gasteiger partial charge in [0.1, 0.15) is 5.00 Å². The fraction of sp³-hybridized carbons (Fsp3) is 0.625. The summed E-state index contributed by atoms with van der Waals surface area (Å²) in [6.07, 6.45) is 4.04. The molecule has 1 rings (SSSR count). The monoisotopic (exact) mass is 185 g/mol. The molecule has 0 aliphatic carbocycles. The fourth-order valence-corrected chi connectivity index (χ4v) is 1.76. The molecule has 0 aliphatic rings. The lowest BCUT2D eigenvalue weighted by molar-refractivity contribution is 0.690. The molecule has 1 heterocycles. The Balaban J connectivity index is 2.41. The Bertz CT molecular complexity index is 234. The Labute approximate surface area is 77.0 Å². The molecule has 0 saturated carbocycles. The molecule has 0 fully saturated rings. The van der Waals surface area contributed by atoms with Crippen molar-refractivity contribution in [3.63, 3.8) is 0 Å². The van der Waals surface area contributed by atoms with E-state index in [0.717, 1.165) is 10.1 Å². The normalized spacial score (nSPS) is 12.8. The number of hydrogen-bond acceptors (Lipinski definition) is 4. The predicted octanol–water partition coefficient (Wildman–Crippen LogP) is 2.33. The smallest absolute Gasteiger partial charge is 0.184 e. The zero-order valence-electron chi connectivity index (χ0n) is 7.50. The summed E-state index contributed by atoms with van der Waals surface area (Å²) < 4.78 is 0. The predicted molar refractivity (Wildman–Crippen MR) is 54.5 cm³/mol. The highest BCUT2D eigenvalue weighted by Crippen LogP contribution is 2.20. The zero-order valence-corrected chi connectivity index (χ0v) is 8.32. The molecule has 0 bridgehead atoms. The van der Waals surface area contributed by atoms with E-state index in [0.29, 0.717) is 6.04 Å². The molecule has 12 heavy (non-hydrogen) atoms. The van der Waals surface area contributed by atoms with E-state index in [4.69, 9.17) is 5.73 Å². The Morgan fingerprint density at radius 2 is 2.50 bits per heavy atom. The lowest BCUT2D eigenvalue weighted by Crippen LogP contribution is -2.13. The Kier molecular flexibility index (Phi) is 3.34. The van der Waals surface area contributed by atoms with Crippen molar-refractivity contribution in [2.45, 2.75) is 32.7 Å². The van der Waals surface area contributed by atoms with Crippen LogP contribution >= 0.6 is 11.3 Å². The van der Waals surface area contributed by atoms with Crippen LogP contribution in [0.4, 0.5) is 10.1 Å². The first-order valence-electron chi connectivity index (χ1n) is 4.20. The largest absolute Gasteiger partial charge is 0.389 e. The van der Waals surface area contributed by atoms with Crippen molar-refractivity contribution in [1.29, 1.82) is 0 Å². The maximum absolute atomic E-state index is 5.54. The van der Waals surface area contributed by atoms with Crippen LogP contribution in [0, 0.1) is 0 Å². The van der Waals surface area contributed by atoms with Gasteiger partial charge in [-0.25, -0.2) is 4.98 Å². The van der Waals surface area contributed by atoms with Crippen molar-refractivity contribution in [2.75, 3.05) is 11.1 Å². The molecule has 1 atom stereocenters. The molecule has 1 unspecified atom stereocenters. The van der Waals surface area contributed by atoms with Gasteiger partial charge in [0.05, 0.1) is 6.20 Å². The summed E-state index contributed by atoms with van der Waals surface area (Å²) in [6.45, 7) is 4.33.